The van der Waals surface area contributed by atoms with E-state index in [1.54, 1.807) is 0 Å². The minimum atomic E-state index is -0.571. The molecule has 0 spiro atoms. The van der Waals surface area contributed by atoms with E-state index in [4.69, 9.17) is 18.9 Å². The van der Waals surface area contributed by atoms with Gasteiger partial charge in [0, 0.05) is 11.8 Å². The number of carbonyl (C=O) groups excluding carboxylic acids is 1. The highest BCUT2D eigenvalue weighted by atomic mass is 16.8. The third-order valence-electron chi connectivity index (χ3n) is 4.02. The Morgan fingerprint density at radius 2 is 1.41 bits per heavy atom. The molecular weight excluding hydrogens is 224 g/mol. The summed E-state index contributed by atoms with van der Waals surface area (Å²) in [6.07, 6.45) is 3.08. The standard InChI is InChI=1S/C12H14O5/c1-12(2)16-9-5-3-4-6(10(9)17-12)8-7(5)14-11(13)15-8/h3-10H,1-2H3/t5?,6?,7-,8+,9+,10-. The van der Waals surface area contributed by atoms with E-state index in [1.165, 1.54) is 0 Å². The zero-order valence-electron chi connectivity index (χ0n) is 9.66. The monoisotopic (exact) mass is 238 g/mol. The van der Waals surface area contributed by atoms with Crippen molar-refractivity contribution in [2.45, 2.75) is 44.1 Å². The van der Waals surface area contributed by atoms with Gasteiger partial charge in [0.1, 0.15) is 0 Å². The fourth-order valence-electron chi connectivity index (χ4n) is 3.46. The van der Waals surface area contributed by atoms with Gasteiger partial charge in [-0.2, -0.15) is 0 Å². The van der Waals surface area contributed by atoms with E-state index in [0.29, 0.717) is 0 Å². The van der Waals surface area contributed by atoms with Crippen molar-refractivity contribution >= 4 is 6.16 Å². The quantitative estimate of drug-likeness (QED) is 0.469. The van der Waals surface area contributed by atoms with Crippen molar-refractivity contribution in [3.8, 4) is 0 Å². The van der Waals surface area contributed by atoms with Crippen molar-refractivity contribution in [2.75, 3.05) is 0 Å². The molecule has 5 nitrogen and oxygen atoms in total. The predicted molar refractivity (Wildman–Crippen MR) is 55.1 cm³/mol. The molecular formula is C12H14O5. The minimum Gasteiger partial charge on any atom is -0.426 e. The van der Waals surface area contributed by atoms with Crippen LogP contribution in [0.3, 0.4) is 0 Å². The van der Waals surface area contributed by atoms with Gasteiger partial charge in [0.2, 0.25) is 0 Å². The van der Waals surface area contributed by atoms with E-state index in [-0.39, 0.29) is 36.3 Å². The third kappa shape index (κ3) is 1.18. The molecule has 5 rings (SSSR count). The summed E-state index contributed by atoms with van der Waals surface area (Å²) < 4.78 is 22.3. The molecule has 2 heterocycles. The minimum absolute atomic E-state index is 0.0317. The molecule has 0 aromatic heterocycles. The first-order chi connectivity index (χ1) is 8.05. The van der Waals surface area contributed by atoms with Crippen molar-refractivity contribution in [2.24, 2.45) is 11.8 Å². The first-order valence-electron chi connectivity index (χ1n) is 5.96. The fourth-order valence-corrected chi connectivity index (χ4v) is 3.46. The zero-order chi connectivity index (χ0) is 11.8. The molecule has 2 saturated heterocycles. The Morgan fingerprint density at radius 3 is 1.88 bits per heavy atom. The van der Waals surface area contributed by atoms with Crippen LogP contribution in [0.2, 0.25) is 0 Å². The Kier molecular flexibility index (Phi) is 1.66. The Labute approximate surface area is 98.7 Å². The Hall–Kier alpha value is -1.07. The molecule has 17 heavy (non-hydrogen) atoms. The van der Waals surface area contributed by atoms with Crippen LogP contribution in [-0.4, -0.2) is 36.4 Å². The number of hydrogen-bond acceptors (Lipinski definition) is 5. The molecule has 0 amide bonds. The summed E-state index contributed by atoms with van der Waals surface area (Å²) in [6, 6.07) is 0. The number of carbonyl (C=O) groups is 1. The van der Waals surface area contributed by atoms with Gasteiger partial charge in [-0.05, 0) is 13.8 Å². The van der Waals surface area contributed by atoms with Gasteiger partial charge in [-0.25, -0.2) is 4.79 Å². The summed E-state index contributed by atoms with van der Waals surface area (Å²) in [7, 11) is 0. The maximum absolute atomic E-state index is 11.2. The molecule has 92 valence electrons. The van der Waals surface area contributed by atoms with Gasteiger partial charge in [-0.3, -0.25) is 0 Å². The van der Waals surface area contributed by atoms with E-state index < -0.39 is 11.9 Å². The average molecular weight is 238 g/mol. The average Bonchev–Trinajstić information content (AvgIpc) is 2.76. The van der Waals surface area contributed by atoms with Gasteiger partial charge < -0.3 is 18.9 Å². The van der Waals surface area contributed by atoms with E-state index in [9.17, 15) is 4.79 Å². The lowest BCUT2D eigenvalue weighted by Gasteiger charge is -2.43. The van der Waals surface area contributed by atoms with E-state index in [2.05, 4.69) is 12.2 Å². The lowest BCUT2D eigenvalue weighted by atomic mass is 9.68. The third-order valence-corrected chi connectivity index (χ3v) is 4.02. The first kappa shape index (κ1) is 9.91. The summed E-state index contributed by atoms with van der Waals surface area (Å²) in [5.74, 6) is -0.480. The number of rotatable bonds is 0. The van der Waals surface area contributed by atoms with Crippen LogP contribution in [0.25, 0.3) is 0 Å². The van der Waals surface area contributed by atoms with Crippen LogP contribution in [0.4, 0.5) is 4.79 Å². The molecule has 2 bridgehead atoms. The second kappa shape index (κ2) is 2.84. The van der Waals surface area contributed by atoms with Crippen molar-refractivity contribution in [3.63, 3.8) is 0 Å². The molecule has 3 aliphatic carbocycles. The van der Waals surface area contributed by atoms with Gasteiger partial charge >= 0.3 is 6.16 Å². The summed E-state index contributed by atoms with van der Waals surface area (Å²) in [6.45, 7) is 3.82. The molecule has 0 N–H and O–H groups in total. The normalized spacial score (nSPS) is 52.9. The van der Waals surface area contributed by atoms with Crippen LogP contribution in [0, 0.1) is 11.8 Å². The maximum atomic E-state index is 11.2. The summed E-state index contributed by atoms with van der Waals surface area (Å²) in [5.41, 5.74) is 0. The number of hydrogen-bond donors (Lipinski definition) is 0. The van der Waals surface area contributed by atoms with Crippen LogP contribution < -0.4 is 0 Å². The summed E-state index contributed by atoms with van der Waals surface area (Å²) >= 11 is 0. The SMILES string of the molecule is CC1(C)O[C@@H]2C3C=CC([C@H]4OC(=O)O[C@@H]34)[C@@H]2O1. The molecule has 3 fully saturated rings. The van der Waals surface area contributed by atoms with Gasteiger partial charge in [0.15, 0.2) is 18.0 Å². The fraction of sp³-hybridized carbons (Fsp3) is 0.750. The van der Waals surface area contributed by atoms with Crippen molar-refractivity contribution < 1.29 is 23.7 Å². The largest absolute Gasteiger partial charge is 0.509 e. The molecule has 0 aromatic carbocycles. The number of ether oxygens (including phenoxy) is 4. The van der Waals surface area contributed by atoms with E-state index in [0.717, 1.165) is 0 Å². The second-order valence-electron chi connectivity index (χ2n) is 5.52. The topological polar surface area (TPSA) is 54.0 Å². The second-order valence-corrected chi connectivity index (χ2v) is 5.52. The Bertz CT molecular complexity index is 381. The molecule has 2 aliphatic heterocycles. The summed E-state index contributed by atoms with van der Waals surface area (Å²) in [4.78, 5) is 11.2. The summed E-state index contributed by atoms with van der Waals surface area (Å²) in [5, 5.41) is 0. The van der Waals surface area contributed by atoms with Crippen molar-refractivity contribution in [3.05, 3.63) is 12.2 Å². The first-order valence-corrected chi connectivity index (χ1v) is 5.96. The Morgan fingerprint density at radius 1 is 0.941 bits per heavy atom. The highest BCUT2D eigenvalue weighted by molar-refractivity contribution is 5.63. The van der Waals surface area contributed by atoms with Crippen LogP contribution in [0.5, 0.6) is 0 Å². The van der Waals surface area contributed by atoms with Gasteiger partial charge in [0.25, 0.3) is 0 Å². The van der Waals surface area contributed by atoms with E-state index in [1.807, 2.05) is 13.8 Å². The molecule has 2 unspecified atom stereocenters. The molecule has 6 atom stereocenters. The van der Waals surface area contributed by atoms with Crippen molar-refractivity contribution in [1.82, 2.24) is 0 Å². The lowest BCUT2D eigenvalue weighted by molar-refractivity contribution is -0.150. The molecule has 0 aromatic rings. The van der Waals surface area contributed by atoms with Crippen LogP contribution >= 0.6 is 0 Å². The van der Waals surface area contributed by atoms with Crippen LogP contribution in [0.1, 0.15) is 13.8 Å². The van der Waals surface area contributed by atoms with Crippen LogP contribution in [-0.2, 0) is 18.9 Å². The Balaban J connectivity index is 1.73. The zero-order valence-corrected chi connectivity index (χ0v) is 9.66. The molecule has 5 heteroatoms. The lowest BCUT2D eigenvalue weighted by Crippen LogP contribution is -2.57. The molecule has 0 radical (unpaired) electrons. The molecule has 1 saturated carbocycles. The molecule has 5 aliphatic rings. The van der Waals surface area contributed by atoms with Gasteiger partial charge in [-0.15, -0.1) is 0 Å². The van der Waals surface area contributed by atoms with Gasteiger partial charge in [-0.1, -0.05) is 12.2 Å². The predicted octanol–water partition coefficient (Wildman–Crippen LogP) is 1.23. The highest BCUT2D eigenvalue weighted by Gasteiger charge is 2.63. The highest BCUT2D eigenvalue weighted by Crippen LogP contribution is 2.50. The maximum Gasteiger partial charge on any atom is 0.509 e. The van der Waals surface area contributed by atoms with Crippen LogP contribution in [0.15, 0.2) is 12.2 Å². The van der Waals surface area contributed by atoms with Gasteiger partial charge in [0.05, 0.1) is 12.2 Å². The van der Waals surface area contributed by atoms with E-state index >= 15 is 0 Å². The van der Waals surface area contributed by atoms with Crippen molar-refractivity contribution in [1.29, 1.82) is 0 Å². The smallest absolute Gasteiger partial charge is 0.426 e.